The second-order valence-electron chi connectivity index (χ2n) is 6.81. The molecule has 140 valence electrons. The van der Waals surface area contributed by atoms with Crippen LogP contribution in [0.3, 0.4) is 0 Å². The van der Waals surface area contributed by atoms with Crippen LogP contribution in [-0.2, 0) is 6.42 Å². The Labute approximate surface area is 166 Å². The number of amides is 1. The first kappa shape index (κ1) is 17.1. The van der Waals surface area contributed by atoms with Crippen molar-refractivity contribution in [2.75, 3.05) is 5.32 Å². The van der Waals surface area contributed by atoms with Crippen LogP contribution in [-0.4, -0.2) is 20.9 Å². The minimum absolute atomic E-state index is 0.202. The summed E-state index contributed by atoms with van der Waals surface area (Å²) in [5, 5.41) is 3.94. The first-order valence-corrected chi connectivity index (χ1v) is 9.34. The highest BCUT2D eigenvalue weighted by Crippen LogP contribution is 2.18. The predicted octanol–water partition coefficient (Wildman–Crippen LogP) is 3.54. The SMILES string of the molecule is O=C(Nc1cnc2ccccc2c1)c1[nH]c(Cc2ccncc2)[n+]2ccccc12. The summed E-state index contributed by atoms with van der Waals surface area (Å²) in [6.45, 7) is 0. The number of imidazole rings is 1. The van der Waals surface area contributed by atoms with Crippen molar-refractivity contribution < 1.29 is 9.20 Å². The maximum Gasteiger partial charge on any atom is 0.300 e. The van der Waals surface area contributed by atoms with E-state index in [2.05, 4.69) is 20.3 Å². The van der Waals surface area contributed by atoms with Gasteiger partial charge >= 0.3 is 0 Å². The van der Waals surface area contributed by atoms with Crippen molar-refractivity contribution in [2.45, 2.75) is 6.42 Å². The van der Waals surface area contributed by atoms with E-state index in [1.54, 1.807) is 18.6 Å². The zero-order valence-corrected chi connectivity index (χ0v) is 15.5. The zero-order chi connectivity index (χ0) is 19.6. The van der Waals surface area contributed by atoms with Gasteiger partial charge in [-0.05, 0) is 42.0 Å². The van der Waals surface area contributed by atoms with Gasteiger partial charge in [0, 0.05) is 17.8 Å². The molecule has 1 aromatic carbocycles. The highest BCUT2D eigenvalue weighted by Gasteiger charge is 2.24. The van der Waals surface area contributed by atoms with E-state index in [4.69, 9.17) is 0 Å². The fourth-order valence-corrected chi connectivity index (χ4v) is 3.48. The summed E-state index contributed by atoms with van der Waals surface area (Å²) < 4.78 is 2.01. The number of fused-ring (bicyclic) bond motifs is 2. The largest absolute Gasteiger partial charge is 0.317 e. The van der Waals surface area contributed by atoms with Gasteiger partial charge in [0.05, 0.1) is 30.0 Å². The topological polar surface area (TPSA) is 74.8 Å². The number of nitrogens with zero attached hydrogens (tertiary/aromatic N) is 3. The van der Waals surface area contributed by atoms with E-state index in [9.17, 15) is 4.79 Å². The lowest BCUT2D eigenvalue weighted by molar-refractivity contribution is -0.520. The van der Waals surface area contributed by atoms with Gasteiger partial charge in [-0.1, -0.05) is 24.3 Å². The predicted molar refractivity (Wildman–Crippen MR) is 111 cm³/mol. The number of hydrogen-bond acceptors (Lipinski definition) is 3. The molecule has 6 heteroatoms. The average Bonchev–Trinajstić information content (AvgIpc) is 3.13. The number of pyridine rings is 3. The molecule has 0 saturated heterocycles. The summed E-state index contributed by atoms with van der Waals surface area (Å²) in [5.41, 5.74) is 4.01. The van der Waals surface area contributed by atoms with Crippen molar-refractivity contribution in [3.63, 3.8) is 0 Å². The van der Waals surface area contributed by atoms with Crippen LogP contribution in [0.1, 0.15) is 21.9 Å². The second-order valence-corrected chi connectivity index (χ2v) is 6.81. The molecule has 0 bridgehead atoms. The number of anilines is 1. The van der Waals surface area contributed by atoms with Crippen LogP contribution >= 0.6 is 0 Å². The summed E-state index contributed by atoms with van der Waals surface area (Å²) >= 11 is 0. The molecule has 4 aromatic heterocycles. The van der Waals surface area contributed by atoms with Gasteiger partial charge in [-0.15, -0.1) is 0 Å². The van der Waals surface area contributed by atoms with Crippen molar-refractivity contribution in [1.29, 1.82) is 0 Å². The standard InChI is InChI=1S/C23H17N5O/c29-23(26-18-14-17-5-1-2-6-19(17)25-15-18)22-20-7-3-4-12-28(20)21(27-22)13-16-8-10-24-11-9-16/h1-12,14-15H,13H2,(H,26,29)/p+1. The number of aromatic amines is 1. The Morgan fingerprint density at radius 1 is 1.03 bits per heavy atom. The molecule has 0 aliphatic rings. The molecule has 29 heavy (non-hydrogen) atoms. The maximum atomic E-state index is 13.0. The van der Waals surface area contributed by atoms with Crippen LogP contribution in [0.25, 0.3) is 16.4 Å². The molecule has 0 saturated carbocycles. The Morgan fingerprint density at radius 3 is 2.76 bits per heavy atom. The average molecular weight is 380 g/mol. The van der Waals surface area contributed by atoms with E-state index in [0.29, 0.717) is 17.8 Å². The Hall–Kier alpha value is -4.06. The molecule has 1 amide bonds. The quantitative estimate of drug-likeness (QED) is 0.468. The number of aromatic nitrogens is 4. The van der Waals surface area contributed by atoms with Crippen LogP contribution in [0.4, 0.5) is 5.69 Å². The lowest BCUT2D eigenvalue weighted by Crippen LogP contribution is -2.24. The summed E-state index contributed by atoms with van der Waals surface area (Å²) in [5.74, 6) is 0.723. The smallest absolute Gasteiger partial charge is 0.300 e. The highest BCUT2D eigenvalue weighted by molar-refractivity contribution is 6.07. The number of rotatable bonds is 4. The lowest BCUT2D eigenvalue weighted by Gasteiger charge is -2.03. The van der Waals surface area contributed by atoms with Gasteiger partial charge in [0.2, 0.25) is 5.69 Å². The Morgan fingerprint density at radius 2 is 1.86 bits per heavy atom. The first-order chi connectivity index (χ1) is 14.3. The molecule has 0 fully saturated rings. The molecular weight excluding hydrogens is 362 g/mol. The van der Waals surface area contributed by atoms with Gasteiger partial charge in [-0.3, -0.25) is 14.8 Å². The van der Waals surface area contributed by atoms with Gasteiger partial charge in [-0.25, -0.2) is 4.98 Å². The number of benzene rings is 1. The lowest BCUT2D eigenvalue weighted by atomic mass is 10.2. The molecule has 4 heterocycles. The van der Waals surface area contributed by atoms with Gasteiger partial charge in [0.1, 0.15) is 0 Å². The monoisotopic (exact) mass is 380 g/mol. The van der Waals surface area contributed by atoms with Crippen molar-refractivity contribution in [1.82, 2.24) is 15.0 Å². The molecule has 0 aliphatic heterocycles. The Bertz CT molecular complexity index is 1330. The normalized spacial score (nSPS) is 11.0. The van der Waals surface area contributed by atoms with E-state index in [-0.39, 0.29) is 5.91 Å². The highest BCUT2D eigenvalue weighted by atomic mass is 16.1. The van der Waals surface area contributed by atoms with E-state index >= 15 is 0 Å². The molecule has 0 aliphatic carbocycles. The summed E-state index contributed by atoms with van der Waals surface area (Å²) in [6.07, 6.45) is 7.84. The molecular formula is C23H18N5O+. The van der Waals surface area contributed by atoms with E-state index < -0.39 is 0 Å². The minimum Gasteiger partial charge on any atom is -0.317 e. The number of H-pyrrole nitrogens is 1. The molecule has 0 spiro atoms. The molecule has 6 nitrogen and oxygen atoms in total. The third-order valence-electron chi connectivity index (χ3n) is 4.87. The van der Waals surface area contributed by atoms with Crippen LogP contribution in [0.2, 0.25) is 0 Å². The number of hydrogen-bond donors (Lipinski definition) is 2. The van der Waals surface area contributed by atoms with Gasteiger partial charge < -0.3 is 5.32 Å². The third kappa shape index (κ3) is 3.32. The van der Waals surface area contributed by atoms with Crippen LogP contribution in [0, 0.1) is 0 Å². The molecule has 0 unspecified atom stereocenters. The number of nitrogens with one attached hydrogen (secondary N) is 2. The van der Waals surface area contributed by atoms with Crippen molar-refractivity contribution >= 4 is 28.0 Å². The first-order valence-electron chi connectivity index (χ1n) is 9.34. The minimum atomic E-state index is -0.202. The van der Waals surface area contributed by atoms with Crippen LogP contribution < -0.4 is 9.72 Å². The van der Waals surface area contributed by atoms with Gasteiger partial charge in [-0.2, -0.15) is 4.40 Å². The van der Waals surface area contributed by atoms with Gasteiger partial charge in [0.15, 0.2) is 5.52 Å². The molecule has 0 atom stereocenters. The van der Waals surface area contributed by atoms with Gasteiger partial charge in [0.25, 0.3) is 11.7 Å². The van der Waals surface area contributed by atoms with Crippen LogP contribution in [0.5, 0.6) is 0 Å². The number of para-hydroxylation sites is 1. The summed E-state index contributed by atoms with van der Waals surface area (Å²) in [7, 11) is 0. The fourth-order valence-electron chi connectivity index (χ4n) is 3.48. The molecule has 5 rings (SSSR count). The molecule has 2 N–H and O–H groups in total. The van der Waals surface area contributed by atoms with Crippen molar-refractivity contribution in [3.05, 3.63) is 103 Å². The van der Waals surface area contributed by atoms with Crippen LogP contribution in [0.15, 0.2) is 85.5 Å². The van der Waals surface area contributed by atoms with E-state index in [1.807, 2.05) is 71.3 Å². The second kappa shape index (κ2) is 7.16. The summed E-state index contributed by atoms with van der Waals surface area (Å²) in [6, 6.07) is 19.5. The fraction of sp³-hybridized carbons (Fsp3) is 0.0435. The number of carbonyl (C=O) groups excluding carboxylic acids is 1. The summed E-state index contributed by atoms with van der Waals surface area (Å²) in [4.78, 5) is 24.8. The maximum absolute atomic E-state index is 13.0. The Kier molecular flexibility index (Phi) is 4.22. The third-order valence-corrected chi connectivity index (χ3v) is 4.87. The van der Waals surface area contributed by atoms with E-state index in [0.717, 1.165) is 27.8 Å². The zero-order valence-electron chi connectivity index (χ0n) is 15.5. The molecule has 0 radical (unpaired) electrons. The number of carbonyl (C=O) groups is 1. The van der Waals surface area contributed by atoms with E-state index in [1.165, 1.54) is 0 Å². The molecule has 5 aromatic rings. The Balaban J connectivity index is 1.49. The van der Waals surface area contributed by atoms with Crippen molar-refractivity contribution in [3.8, 4) is 0 Å². The van der Waals surface area contributed by atoms with Crippen molar-refractivity contribution in [2.24, 2.45) is 0 Å².